The van der Waals surface area contributed by atoms with Crippen molar-refractivity contribution in [3.8, 4) is 0 Å². The Morgan fingerprint density at radius 3 is 3.29 bits per heavy atom. The Morgan fingerprint density at radius 1 is 1.53 bits per heavy atom. The van der Waals surface area contributed by atoms with Gasteiger partial charge in [0.1, 0.15) is 6.26 Å². The number of carbonyl (C=O) groups excluding carboxylic acids is 1. The van der Waals surface area contributed by atoms with Crippen molar-refractivity contribution in [1.29, 1.82) is 0 Å². The van der Waals surface area contributed by atoms with E-state index in [2.05, 4.69) is 10.4 Å². The molecule has 3 heterocycles. The van der Waals surface area contributed by atoms with Crippen molar-refractivity contribution < 1.29 is 9.21 Å². The predicted molar refractivity (Wildman–Crippen MR) is 60.5 cm³/mol. The number of aromatic nitrogens is 2. The van der Waals surface area contributed by atoms with Crippen LogP contribution >= 0.6 is 0 Å². The normalized spacial score (nSPS) is 18.7. The lowest BCUT2D eigenvalue weighted by Gasteiger charge is -2.24. The number of amides is 1. The van der Waals surface area contributed by atoms with Crippen LogP contribution in [0, 0.1) is 0 Å². The number of aryl methyl sites for hydroxylation is 1. The minimum atomic E-state index is -0.0725. The van der Waals surface area contributed by atoms with Gasteiger partial charge in [0.25, 0.3) is 5.91 Å². The van der Waals surface area contributed by atoms with Crippen LogP contribution in [0.3, 0.4) is 0 Å². The molecule has 1 atom stereocenters. The van der Waals surface area contributed by atoms with Gasteiger partial charge >= 0.3 is 0 Å². The first kappa shape index (κ1) is 10.1. The minimum Gasteiger partial charge on any atom is -0.472 e. The third-order valence-corrected chi connectivity index (χ3v) is 3.07. The Balaban J connectivity index is 1.66. The van der Waals surface area contributed by atoms with Gasteiger partial charge in [-0.15, -0.1) is 0 Å². The molecule has 2 aromatic heterocycles. The molecule has 1 aliphatic rings. The van der Waals surface area contributed by atoms with Gasteiger partial charge in [-0.05, 0) is 18.6 Å². The molecule has 1 amide bonds. The van der Waals surface area contributed by atoms with Crippen LogP contribution in [0.15, 0.2) is 35.3 Å². The smallest absolute Gasteiger partial charge is 0.254 e. The maximum absolute atomic E-state index is 11.8. The van der Waals surface area contributed by atoms with Gasteiger partial charge in [0.05, 0.1) is 11.8 Å². The summed E-state index contributed by atoms with van der Waals surface area (Å²) in [4.78, 5) is 11.8. The quantitative estimate of drug-likeness (QED) is 0.845. The van der Waals surface area contributed by atoms with Gasteiger partial charge in [0.15, 0.2) is 0 Å². The average Bonchev–Trinajstić information content (AvgIpc) is 2.99. The standard InChI is InChI=1S/C12H13N3O2/c16-12(9-3-6-17-8-9)14-10-2-5-15-11(7-10)1-4-13-15/h1,3-4,6,8,10H,2,5,7H2,(H,14,16)/t10-/m0/s1. The number of hydrogen-bond donors (Lipinski definition) is 1. The van der Waals surface area contributed by atoms with Gasteiger partial charge in [-0.3, -0.25) is 9.48 Å². The van der Waals surface area contributed by atoms with Crippen LogP contribution in [-0.2, 0) is 13.0 Å². The second kappa shape index (κ2) is 4.08. The second-order valence-corrected chi connectivity index (χ2v) is 4.22. The molecule has 0 aromatic carbocycles. The molecule has 0 spiro atoms. The summed E-state index contributed by atoms with van der Waals surface area (Å²) in [6, 6.07) is 3.85. The van der Waals surface area contributed by atoms with Crippen LogP contribution in [0.4, 0.5) is 0 Å². The zero-order chi connectivity index (χ0) is 11.7. The molecule has 0 bridgehead atoms. The lowest BCUT2D eigenvalue weighted by atomic mass is 10.0. The van der Waals surface area contributed by atoms with Crippen molar-refractivity contribution >= 4 is 5.91 Å². The molecule has 17 heavy (non-hydrogen) atoms. The summed E-state index contributed by atoms with van der Waals surface area (Å²) in [7, 11) is 0. The molecule has 1 aliphatic heterocycles. The third kappa shape index (κ3) is 1.95. The Morgan fingerprint density at radius 2 is 2.47 bits per heavy atom. The van der Waals surface area contributed by atoms with E-state index in [1.165, 1.54) is 18.2 Å². The van der Waals surface area contributed by atoms with E-state index in [0.29, 0.717) is 5.56 Å². The van der Waals surface area contributed by atoms with Crippen molar-refractivity contribution in [2.75, 3.05) is 0 Å². The molecule has 0 saturated carbocycles. The molecule has 0 saturated heterocycles. The van der Waals surface area contributed by atoms with Crippen molar-refractivity contribution in [3.05, 3.63) is 42.1 Å². The fourth-order valence-corrected chi connectivity index (χ4v) is 2.15. The topological polar surface area (TPSA) is 60.1 Å². The number of nitrogens with one attached hydrogen (secondary N) is 1. The molecule has 5 heteroatoms. The van der Waals surface area contributed by atoms with Crippen molar-refractivity contribution in [3.63, 3.8) is 0 Å². The van der Waals surface area contributed by atoms with Gasteiger partial charge in [0.2, 0.25) is 0 Å². The monoisotopic (exact) mass is 231 g/mol. The van der Waals surface area contributed by atoms with Crippen LogP contribution < -0.4 is 5.32 Å². The van der Waals surface area contributed by atoms with E-state index in [-0.39, 0.29) is 11.9 Å². The number of hydrogen-bond acceptors (Lipinski definition) is 3. The van der Waals surface area contributed by atoms with Crippen LogP contribution in [0.25, 0.3) is 0 Å². The zero-order valence-corrected chi connectivity index (χ0v) is 9.30. The first-order valence-corrected chi connectivity index (χ1v) is 5.66. The van der Waals surface area contributed by atoms with Crippen LogP contribution in [0.2, 0.25) is 0 Å². The molecule has 0 aliphatic carbocycles. The van der Waals surface area contributed by atoms with E-state index in [0.717, 1.165) is 19.4 Å². The predicted octanol–water partition coefficient (Wildman–Crippen LogP) is 1.22. The van der Waals surface area contributed by atoms with Crippen molar-refractivity contribution in [2.45, 2.75) is 25.4 Å². The number of furan rings is 1. The highest BCUT2D eigenvalue weighted by Crippen LogP contribution is 2.14. The Hall–Kier alpha value is -2.04. The highest BCUT2D eigenvalue weighted by molar-refractivity contribution is 5.93. The SMILES string of the molecule is O=C(N[C@H]1CCn2nccc2C1)c1ccoc1. The Labute approximate surface area is 98.4 Å². The van der Waals surface area contributed by atoms with Crippen molar-refractivity contribution in [2.24, 2.45) is 0 Å². The third-order valence-electron chi connectivity index (χ3n) is 3.07. The van der Waals surface area contributed by atoms with Gasteiger partial charge in [-0.25, -0.2) is 0 Å². The summed E-state index contributed by atoms with van der Waals surface area (Å²) < 4.78 is 6.88. The number of carbonyl (C=O) groups is 1. The lowest BCUT2D eigenvalue weighted by Crippen LogP contribution is -2.40. The fourth-order valence-electron chi connectivity index (χ4n) is 2.15. The minimum absolute atomic E-state index is 0.0725. The summed E-state index contributed by atoms with van der Waals surface area (Å²) in [6.07, 6.45) is 6.52. The first-order chi connectivity index (χ1) is 8.33. The van der Waals surface area contributed by atoms with Gasteiger partial charge in [-0.2, -0.15) is 5.10 Å². The summed E-state index contributed by atoms with van der Waals surface area (Å²) >= 11 is 0. The zero-order valence-electron chi connectivity index (χ0n) is 9.30. The van der Waals surface area contributed by atoms with Gasteiger partial charge in [-0.1, -0.05) is 0 Å². The van der Waals surface area contributed by atoms with E-state index >= 15 is 0 Å². The number of nitrogens with zero attached hydrogens (tertiary/aromatic N) is 2. The van der Waals surface area contributed by atoms with E-state index in [1.807, 2.05) is 10.7 Å². The molecule has 3 rings (SSSR count). The average molecular weight is 231 g/mol. The largest absolute Gasteiger partial charge is 0.472 e. The molecule has 0 fully saturated rings. The molecule has 0 radical (unpaired) electrons. The van der Waals surface area contributed by atoms with Crippen LogP contribution in [0.5, 0.6) is 0 Å². The highest BCUT2D eigenvalue weighted by atomic mass is 16.3. The highest BCUT2D eigenvalue weighted by Gasteiger charge is 2.21. The Bertz CT molecular complexity index is 516. The van der Waals surface area contributed by atoms with Gasteiger partial charge in [0, 0.05) is 30.9 Å². The maximum atomic E-state index is 11.8. The molecule has 0 unspecified atom stereocenters. The number of fused-ring (bicyclic) bond motifs is 1. The first-order valence-electron chi connectivity index (χ1n) is 5.66. The fraction of sp³-hybridized carbons (Fsp3) is 0.333. The molecular formula is C12H13N3O2. The van der Waals surface area contributed by atoms with E-state index < -0.39 is 0 Å². The Kier molecular flexibility index (Phi) is 2.44. The molecular weight excluding hydrogens is 218 g/mol. The summed E-state index contributed by atoms with van der Waals surface area (Å²) in [5.74, 6) is -0.0725. The lowest BCUT2D eigenvalue weighted by molar-refractivity contribution is 0.0929. The van der Waals surface area contributed by atoms with E-state index in [1.54, 1.807) is 12.3 Å². The molecule has 5 nitrogen and oxygen atoms in total. The maximum Gasteiger partial charge on any atom is 0.254 e. The number of rotatable bonds is 2. The molecule has 88 valence electrons. The van der Waals surface area contributed by atoms with Crippen molar-refractivity contribution in [1.82, 2.24) is 15.1 Å². The van der Waals surface area contributed by atoms with Crippen LogP contribution in [0.1, 0.15) is 22.5 Å². The van der Waals surface area contributed by atoms with Gasteiger partial charge < -0.3 is 9.73 Å². The molecule has 2 aromatic rings. The summed E-state index contributed by atoms with van der Waals surface area (Å²) in [5, 5.41) is 7.22. The summed E-state index contributed by atoms with van der Waals surface area (Å²) in [5.41, 5.74) is 1.75. The van der Waals surface area contributed by atoms with E-state index in [9.17, 15) is 4.79 Å². The van der Waals surface area contributed by atoms with E-state index in [4.69, 9.17) is 4.42 Å². The second-order valence-electron chi connectivity index (χ2n) is 4.22. The van der Waals surface area contributed by atoms with Crippen LogP contribution in [-0.4, -0.2) is 21.7 Å². The summed E-state index contributed by atoms with van der Waals surface area (Å²) in [6.45, 7) is 0.860. The molecule has 1 N–H and O–H groups in total.